The van der Waals surface area contributed by atoms with Crippen molar-refractivity contribution >= 4 is 28.8 Å². The minimum atomic E-state index is -1.26. The van der Waals surface area contributed by atoms with Crippen LogP contribution in [0.25, 0.3) is 0 Å². The van der Waals surface area contributed by atoms with Gasteiger partial charge in [0.15, 0.2) is 11.5 Å². The summed E-state index contributed by atoms with van der Waals surface area (Å²) in [6.45, 7) is 4.95. The van der Waals surface area contributed by atoms with Crippen molar-refractivity contribution in [1.29, 1.82) is 0 Å². The molecule has 2 heterocycles. The summed E-state index contributed by atoms with van der Waals surface area (Å²) in [5.74, 6) is -1.70. The van der Waals surface area contributed by atoms with Gasteiger partial charge in [-0.05, 0) is 24.1 Å². The summed E-state index contributed by atoms with van der Waals surface area (Å²) < 4.78 is 5.34. The summed E-state index contributed by atoms with van der Waals surface area (Å²) in [7, 11) is 0. The van der Waals surface area contributed by atoms with Gasteiger partial charge in [0.2, 0.25) is 0 Å². The van der Waals surface area contributed by atoms with E-state index in [9.17, 15) is 9.59 Å². The predicted molar refractivity (Wildman–Crippen MR) is 77.7 cm³/mol. The number of nitrogens with zero attached hydrogens (tertiary/aromatic N) is 2. The highest BCUT2D eigenvalue weighted by Crippen LogP contribution is 2.33. The minimum absolute atomic E-state index is 0.102. The largest absolute Gasteiger partial charge is 0.476 e. The van der Waals surface area contributed by atoms with E-state index in [1.165, 1.54) is 0 Å². The number of aliphatic imine (C=N–C) groups is 1. The number of hydrogen-bond acceptors (Lipinski definition) is 5. The van der Waals surface area contributed by atoms with Crippen molar-refractivity contribution in [3.05, 3.63) is 23.3 Å². The summed E-state index contributed by atoms with van der Waals surface area (Å²) >= 11 is 0. The van der Waals surface area contributed by atoms with Crippen LogP contribution in [0.4, 0.5) is 11.4 Å². The van der Waals surface area contributed by atoms with Gasteiger partial charge in [-0.15, -0.1) is 0 Å². The van der Waals surface area contributed by atoms with Gasteiger partial charge in [-0.3, -0.25) is 4.79 Å². The second-order valence-electron chi connectivity index (χ2n) is 5.23. The number of aryl methyl sites for hydroxylation is 1. The fourth-order valence-corrected chi connectivity index (χ4v) is 2.74. The quantitative estimate of drug-likeness (QED) is 0.882. The lowest BCUT2D eigenvalue weighted by atomic mass is 9.97. The van der Waals surface area contributed by atoms with Crippen LogP contribution in [0.5, 0.6) is 0 Å². The number of Topliss-reactive ketones (excluding diaryl/α,β-unsaturated/α-hetero) is 1. The van der Waals surface area contributed by atoms with Crippen molar-refractivity contribution in [2.24, 2.45) is 4.99 Å². The van der Waals surface area contributed by atoms with Gasteiger partial charge in [-0.2, -0.15) is 0 Å². The number of benzene rings is 1. The molecule has 110 valence electrons. The average Bonchev–Trinajstić information content (AvgIpc) is 2.46. The number of anilines is 1. The molecule has 1 saturated heterocycles. The maximum Gasteiger partial charge on any atom is 0.358 e. The van der Waals surface area contributed by atoms with Gasteiger partial charge >= 0.3 is 5.97 Å². The third-order valence-corrected chi connectivity index (χ3v) is 3.80. The molecule has 0 unspecified atom stereocenters. The summed E-state index contributed by atoms with van der Waals surface area (Å²) in [5, 5.41) is 9.03. The topological polar surface area (TPSA) is 79.2 Å². The first kappa shape index (κ1) is 13.8. The number of carbonyl (C=O) groups is 2. The second kappa shape index (κ2) is 5.29. The Hall–Kier alpha value is -2.21. The number of morpholine rings is 1. The molecule has 1 aromatic carbocycles. The van der Waals surface area contributed by atoms with Crippen LogP contribution in [0.3, 0.4) is 0 Å². The molecule has 0 aromatic heterocycles. The summed E-state index contributed by atoms with van der Waals surface area (Å²) in [5.41, 5.74) is 3.09. The number of ketones is 1. The number of fused-ring (bicyclic) bond motifs is 1. The Morgan fingerprint density at radius 1 is 1.33 bits per heavy atom. The highest BCUT2D eigenvalue weighted by Gasteiger charge is 2.27. The van der Waals surface area contributed by atoms with E-state index < -0.39 is 11.8 Å². The molecule has 0 spiro atoms. The van der Waals surface area contributed by atoms with E-state index in [1.807, 2.05) is 19.1 Å². The minimum Gasteiger partial charge on any atom is -0.476 e. The Balaban J connectivity index is 2.02. The molecule has 3 rings (SSSR count). The molecule has 2 aliphatic heterocycles. The fraction of sp³-hybridized carbons (Fsp3) is 0.400. The molecule has 0 bridgehead atoms. The Morgan fingerprint density at radius 2 is 2.05 bits per heavy atom. The van der Waals surface area contributed by atoms with Crippen LogP contribution >= 0.6 is 0 Å². The smallest absolute Gasteiger partial charge is 0.358 e. The van der Waals surface area contributed by atoms with Crippen LogP contribution in [0.15, 0.2) is 17.1 Å². The van der Waals surface area contributed by atoms with Crippen LogP contribution in [-0.2, 0) is 20.7 Å². The first-order valence-electron chi connectivity index (χ1n) is 6.87. The molecule has 6 heteroatoms. The number of hydrogen-bond donors (Lipinski definition) is 1. The Bertz CT molecular complexity index is 645. The van der Waals surface area contributed by atoms with E-state index in [2.05, 4.69) is 9.89 Å². The van der Waals surface area contributed by atoms with E-state index in [0.29, 0.717) is 18.9 Å². The second-order valence-corrected chi connectivity index (χ2v) is 5.23. The molecule has 1 N–H and O–H groups in total. The Labute approximate surface area is 122 Å². The molecular weight excluding hydrogens is 272 g/mol. The molecule has 1 aromatic rings. The van der Waals surface area contributed by atoms with Crippen LogP contribution < -0.4 is 4.90 Å². The van der Waals surface area contributed by atoms with E-state index in [0.717, 1.165) is 29.9 Å². The molecule has 1 fully saturated rings. The number of ether oxygens (including phenoxy) is 1. The van der Waals surface area contributed by atoms with Gasteiger partial charge in [-0.25, -0.2) is 9.79 Å². The third-order valence-electron chi connectivity index (χ3n) is 3.80. The zero-order chi connectivity index (χ0) is 15.0. The molecule has 0 atom stereocenters. The van der Waals surface area contributed by atoms with Crippen molar-refractivity contribution in [3.63, 3.8) is 0 Å². The van der Waals surface area contributed by atoms with Gasteiger partial charge in [0.25, 0.3) is 0 Å². The lowest BCUT2D eigenvalue weighted by Crippen LogP contribution is -2.36. The van der Waals surface area contributed by atoms with Crippen LogP contribution in [0.2, 0.25) is 0 Å². The number of rotatable bonds is 2. The van der Waals surface area contributed by atoms with Crippen LogP contribution in [-0.4, -0.2) is 48.9 Å². The van der Waals surface area contributed by atoms with Gasteiger partial charge < -0.3 is 14.7 Å². The maximum atomic E-state index is 11.8. The summed E-state index contributed by atoms with van der Waals surface area (Å²) in [6.07, 6.45) is 0.102. The predicted octanol–water partition coefficient (Wildman–Crippen LogP) is 1.11. The number of carbonyl (C=O) groups excluding carboxylic acids is 1. The molecular formula is C15H16N2O4. The van der Waals surface area contributed by atoms with E-state index in [1.54, 1.807) is 0 Å². The standard InChI is InChI=1S/C15H16N2O4/c1-9-6-10-7-13(18)14(15(19)20)16-11(10)8-12(9)17-2-4-21-5-3-17/h6,8H,2-5,7H2,1H3,(H,19,20). The zero-order valence-electron chi connectivity index (χ0n) is 11.8. The van der Waals surface area contributed by atoms with E-state index in [4.69, 9.17) is 9.84 Å². The normalized spacial score (nSPS) is 18.2. The number of carboxylic acids is 1. The van der Waals surface area contributed by atoms with Crippen molar-refractivity contribution in [2.75, 3.05) is 31.2 Å². The third kappa shape index (κ3) is 2.54. The van der Waals surface area contributed by atoms with Gasteiger partial charge in [-0.1, -0.05) is 6.07 Å². The first-order valence-corrected chi connectivity index (χ1v) is 6.87. The maximum absolute atomic E-state index is 11.8. The number of aliphatic carboxylic acids is 1. The molecule has 0 radical (unpaired) electrons. The fourth-order valence-electron chi connectivity index (χ4n) is 2.74. The van der Waals surface area contributed by atoms with Gasteiger partial charge in [0.05, 0.1) is 18.9 Å². The van der Waals surface area contributed by atoms with Crippen LogP contribution in [0, 0.1) is 6.92 Å². The summed E-state index contributed by atoms with van der Waals surface area (Å²) in [6, 6.07) is 3.81. The summed E-state index contributed by atoms with van der Waals surface area (Å²) in [4.78, 5) is 29.0. The molecule has 2 aliphatic rings. The van der Waals surface area contributed by atoms with Crippen molar-refractivity contribution in [2.45, 2.75) is 13.3 Å². The first-order chi connectivity index (χ1) is 10.1. The molecule has 21 heavy (non-hydrogen) atoms. The molecule has 6 nitrogen and oxygen atoms in total. The molecule has 0 amide bonds. The average molecular weight is 288 g/mol. The van der Waals surface area contributed by atoms with Crippen molar-refractivity contribution in [1.82, 2.24) is 0 Å². The van der Waals surface area contributed by atoms with Gasteiger partial charge in [0.1, 0.15) is 0 Å². The zero-order valence-corrected chi connectivity index (χ0v) is 11.8. The Kier molecular flexibility index (Phi) is 3.47. The molecule has 0 saturated carbocycles. The van der Waals surface area contributed by atoms with Crippen molar-refractivity contribution < 1.29 is 19.4 Å². The lowest BCUT2D eigenvalue weighted by molar-refractivity contribution is -0.130. The monoisotopic (exact) mass is 288 g/mol. The molecule has 0 aliphatic carbocycles. The highest BCUT2D eigenvalue weighted by molar-refractivity contribution is 6.65. The van der Waals surface area contributed by atoms with E-state index >= 15 is 0 Å². The van der Waals surface area contributed by atoms with Crippen LogP contribution in [0.1, 0.15) is 11.1 Å². The highest BCUT2D eigenvalue weighted by atomic mass is 16.5. The van der Waals surface area contributed by atoms with E-state index in [-0.39, 0.29) is 12.1 Å². The number of carboxylic acid groups (broad SMARTS) is 1. The SMILES string of the molecule is Cc1cc2c(cc1N1CCOCC1)N=C(C(=O)O)C(=O)C2. The van der Waals surface area contributed by atoms with Gasteiger partial charge in [0, 0.05) is 25.2 Å². The lowest BCUT2D eigenvalue weighted by Gasteiger charge is -2.31. The van der Waals surface area contributed by atoms with Crippen molar-refractivity contribution in [3.8, 4) is 0 Å². The Morgan fingerprint density at radius 3 is 2.71 bits per heavy atom.